The van der Waals surface area contributed by atoms with Crippen LogP contribution >= 0.6 is 11.6 Å². The molecule has 1 aliphatic heterocycles. The number of halogens is 1. The second kappa shape index (κ2) is 9.43. The van der Waals surface area contributed by atoms with Crippen LogP contribution in [-0.2, 0) is 4.74 Å². The molecule has 0 saturated carbocycles. The number of pyridine rings is 1. The Hall–Kier alpha value is -3.65. The SMILES string of the molecule is CC1CN(C(=O)OC(C)(C)C)CCN1c1nccc2c1c(-c1cnccn1)cn2-c1cccc(Cl)c1. The average molecular weight is 505 g/mol. The summed E-state index contributed by atoms with van der Waals surface area (Å²) in [6.45, 7) is 9.48. The summed E-state index contributed by atoms with van der Waals surface area (Å²) in [6.07, 6.45) is 8.72. The molecule has 0 N–H and O–H groups in total. The number of amides is 1. The third-order valence-electron chi connectivity index (χ3n) is 6.17. The van der Waals surface area contributed by atoms with E-state index in [1.165, 1.54) is 0 Å². The minimum atomic E-state index is -0.528. The van der Waals surface area contributed by atoms with Crippen molar-refractivity contribution in [3.8, 4) is 16.9 Å². The number of piperazine rings is 1. The average Bonchev–Trinajstić information content (AvgIpc) is 3.24. The first-order chi connectivity index (χ1) is 17.2. The molecular weight excluding hydrogens is 476 g/mol. The van der Waals surface area contributed by atoms with Crippen LogP contribution in [-0.4, -0.2) is 61.8 Å². The van der Waals surface area contributed by atoms with E-state index >= 15 is 0 Å². The lowest BCUT2D eigenvalue weighted by Crippen LogP contribution is -2.54. The van der Waals surface area contributed by atoms with E-state index in [0.717, 1.165) is 33.7 Å². The maximum atomic E-state index is 12.7. The number of benzene rings is 1. The first-order valence-corrected chi connectivity index (χ1v) is 12.4. The van der Waals surface area contributed by atoms with Crippen LogP contribution in [0.15, 0.2) is 61.3 Å². The number of nitrogens with zero attached hydrogens (tertiary/aromatic N) is 6. The summed E-state index contributed by atoms with van der Waals surface area (Å²) in [6, 6.07) is 9.79. The highest BCUT2D eigenvalue weighted by Gasteiger charge is 2.32. The molecular formula is C27H29ClN6O2. The third-order valence-corrected chi connectivity index (χ3v) is 6.41. The summed E-state index contributed by atoms with van der Waals surface area (Å²) < 4.78 is 7.71. The molecule has 1 aromatic carbocycles. The van der Waals surface area contributed by atoms with Crippen LogP contribution in [0.25, 0.3) is 27.8 Å². The molecule has 1 unspecified atom stereocenters. The number of fused-ring (bicyclic) bond motifs is 1. The molecule has 3 aromatic heterocycles. The van der Waals surface area contributed by atoms with Gasteiger partial charge in [0.2, 0.25) is 0 Å². The van der Waals surface area contributed by atoms with Gasteiger partial charge >= 0.3 is 6.09 Å². The van der Waals surface area contributed by atoms with Gasteiger partial charge in [0.05, 0.1) is 22.8 Å². The van der Waals surface area contributed by atoms with Crippen molar-refractivity contribution < 1.29 is 9.53 Å². The van der Waals surface area contributed by atoms with E-state index in [4.69, 9.17) is 21.3 Å². The van der Waals surface area contributed by atoms with Crippen molar-refractivity contribution >= 4 is 34.4 Å². The number of carbonyl (C=O) groups is 1. The zero-order valence-electron chi connectivity index (χ0n) is 20.8. The van der Waals surface area contributed by atoms with Crippen molar-refractivity contribution in [3.05, 3.63) is 66.3 Å². The fourth-order valence-corrected chi connectivity index (χ4v) is 4.80. The molecule has 36 heavy (non-hydrogen) atoms. The summed E-state index contributed by atoms with van der Waals surface area (Å²) in [5.41, 5.74) is 3.10. The minimum Gasteiger partial charge on any atom is -0.444 e. The van der Waals surface area contributed by atoms with Gasteiger partial charge in [-0.05, 0) is 52.0 Å². The monoisotopic (exact) mass is 504 g/mol. The Balaban J connectivity index is 1.58. The number of ether oxygens (including phenoxy) is 1. The lowest BCUT2D eigenvalue weighted by molar-refractivity contribution is 0.0218. The topological polar surface area (TPSA) is 76.4 Å². The maximum absolute atomic E-state index is 12.7. The molecule has 0 spiro atoms. The largest absolute Gasteiger partial charge is 0.444 e. The molecule has 186 valence electrons. The molecule has 5 rings (SSSR count). The molecule has 1 atom stereocenters. The van der Waals surface area contributed by atoms with Crippen LogP contribution in [0.3, 0.4) is 0 Å². The van der Waals surface area contributed by atoms with E-state index in [2.05, 4.69) is 32.6 Å². The summed E-state index contributed by atoms with van der Waals surface area (Å²) in [4.78, 5) is 30.4. The first-order valence-electron chi connectivity index (χ1n) is 12.0. The van der Waals surface area contributed by atoms with Crippen molar-refractivity contribution in [2.24, 2.45) is 0 Å². The Morgan fingerprint density at radius 1 is 1.11 bits per heavy atom. The molecule has 1 fully saturated rings. The lowest BCUT2D eigenvalue weighted by Gasteiger charge is -2.41. The highest BCUT2D eigenvalue weighted by molar-refractivity contribution is 6.30. The van der Waals surface area contributed by atoms with Gasteiger partial charge in [0.1, 0.15) is 11.4 Å². The second-order valence-electron chi connectivity index (χ2n) is 9.98. The molecule has 0 radical (unpaired) electrons. The van der Waals surface area contributed by atoms with E-state index < -0.39 is 5.60 Å². The Kier molecular flexibility index (Phi) is 6.30. The third kappa shape index (κ3) is 4.73. The summed E-state index contributed by atoms with van der Waals surface area (Å²) in [5, 5.41) is 1.65. The Labute approximate surface area is 215 Å². The van der Waals surface area contributed by atoms with Crippen LogP contribution < -0.4 is 4.90 Å². The maximum Gasteiger partial charge on any atom is 0.410 e. The predicted molar refractivity (Wildman–Crippen MR) is 142 cm³/mol. The van der Waals surface area contributed by atoms with E-state index in [1.54, 1.807) is 23.5 Å². The van der Waals surface area contributed by atoms with E-state index in [9.17, 15) is 4.79 Å². The van der Waals surface area contributed by atoms with Crippen LogP contribution in [0.2, 0.25) is 5.02 Å². The van der Waals surface area contributed by atoms with Gasteiger partial charge in [-0.3, -0.25) is 9.97 Å². The lowest BCUT2D eigenvalue weighted by atomic mass is 10.1. The molecule has 1 aliphatic rings. The molecule has 8 nitrogen and oxygen atoms in total. The van der Waals surface area contributed by atoms with Crippen molar-refractivity contribution in [1.82, 2.24) is 24.4 Å². The molecule has 4 heterocycles. The van der Waals surface area contributed by atoms with Crippen molar-refractivity contribution in [3.63, 3.8) is 0 Å². The second-order valence-corrected chi connectivity index (χ2v) is 10.4. The summed E-state index contributed by atoms with van der Waals surface area (Å²) in [7, 11) is 0. The van der Waals surface area contributed by atoms with Gasteiger partial charge in [-0.25, -0.2) is 9.78 Å². The van der Waals surface area contributed by atoms with Gasteiger partial charge in [0.25, 0.3) is 0 Å². The van der Waals surface area contributed by atoms with Gasteiger partial charge in [0.15, 0.2) is 0 Å². The normalized spacial score (nSPS) is 16.4. The van der Waals surface area contributed by atoms with Crippen molar-refractivity contribution in [1.29, 1.82) is 0 Å². The quantitative estimate of drug-likeness (QED) is 0.362. The van der Waals surface area contributed by atoms with Gasteiger partial charge < -0.3 is 19.1 Å². The minimum absolute atomic E-state index is 0.0357. The standard InChI is InChI=1S/C27H29ClN6O2/c1-18-16-32(26(35)36-27(2,3)4)12-13-33(18)25-24-21(22-15-29-10-11-30-22)17-34(23(24)8-9-31-25)20-7-5-6-19(28)14-20/h5-11,14-15,17-18H,12-13,16H2,1-4H3. The van der Waals surface area contributed by atoms with E-state index in [-0.39, 0.29) is 12.1 Å². The van der Waals surface area contributed by atoms with Crippen LogP contribution in [0.4, 0.5) is 10.6 Å². The van der Waals surface area contributed by atoms with E-state index in [1.807, 2.05) is 57.3 Å². The van der Waals surface area contributed by atoms with Crippen molar-refractivity contribution in [2.75, 3.05) is 24.5 Å². The van der Waals surface area contributed by atoms with Crippen molar-refractivity contribution in [2.45, 2.75) is 39.3 Å². The van der Waals surface area contributed by atoms with Crippen LogP contribution in [0.1, 0.15) is 27.7 Å². The first kappa shape index (κ1) is 24.1. The Morgan fingerprint density at radius 2 is 1.94 bits per heavy atom. The smallest absolute Gasteiger partial charge is 0.410 e. The number of anilines is 1. The Morgan fingerprint density at radius 3 is 2.64 bits per heavy atom. The molecule has 0 aliphatic carbocycles. The molecule has 1 saturated heterocycles. The van der Waals surface area contributed by atoms with Gasteiger partial charge in [0, 0.05) is 66.7 Å². The highest BCUT2D eigenvalue weighted by Crippen LogP contribution is 2.38. The number of hydrogen-bond acceptors (Lipinski definition) is 6. The van der Waals surface area contributed by atoms with Gasteiger partial charge in [-0.1, -0.05) is 17.7 Å². The predicted octanol–water partition coefficient (Wildman–Crippen LogP) is 5.58. The number of aromatic nitrogens is 4. The Bertz CT molecular complexity index is 1400. The van der Waals surface area contributed by atoms with Crippen LogP contribution in [0, 0.1) is 0 Å². The molecule has 1 amide bonds. The number of carbonyl (C=O) groups excluding carboxylic acids is 1. The molecule has 4 aromatic rings. The highest BCUT2D eigenvalue weighted by atomic mass is 35.5. The zero-order chi connectivity index (χ0) is 25.4. The summed E-state index contributed by atoms with van der Waals surface area (Å²) >= 11 is 6.32. The molecule has 0 bridgehead atoms. The van der Waals surface area contributed by atoms with Gasteiger partial charge in [-0.15, -0.1) is 0 Å². The summed E-state index contributed by atoms with van der Waals surface area (Å²) in [5.74, 6) is 0.852. The fraction of sp³-hybridized carbons (Fsp3) is 0.333. The van der Waals surface area contributed by atoms with Crippen LogP contribution in [0.5, 0.6) is 0 Å². The zero-order valence-corrected chi connectivity index (χ0v) is 21.6. The number of rotatable bonds is 3. The van der Waals surface area contributed by atoms with E-state index in [0.29, 0.717) is 24.7 Å². The fourth-order valence-electron chi connectivity index (χ4n) is 4.62. The van der Waals surface area contributed by atoms with Gasteiger partial charge in [-0.2, -0.15) is 0 Å². The molecule has 9 heteroatoms. The number of hydrogen-bond donors (Lipinski definition) is 0.